The van der Waals surface area contributed by atoms with Crippen molar-refractivity contribution in [3.63, 3.8) is 0 Å². The lowest BCUT2D eigenvalue weighted by Gasteiger charge is -2.56. The number of morpholine rings is 1. The third-order valence-corrected chi connectivity index (χ3v) is 20.2. The molecular weight excluding hydrogens is 1020 g/mol. The van der Waals surface area contributed by atoms with Crippen LogP contribution in [-0.4, -0.2) is 161 Å². The molecule has 2 amide bonds. The van der Waals surface area contributed by atoms with Crippen molar-refractivity contribution in [2.24, 2.45) is 34.5 Å². The number of hydrogen-bond donors (Lipinski definition) is 5. The molecule has 6 aliphatic heterocycles. The van der Waals surface area contributed by atoms with Crippen LogP contribution < -0.4 is 27.4 Å². The Labute approximate surface area is 478 Å². The second kappa shape index (κ2) is 25.2. The lowest BCUT2D eigenvalue weighted by molar-refractivity contribution is -0.141. The maximum absolute atomic E-state index is 14.3. The summed E-state index contributed by atoms with van der Waals surface area (Å²) in [7, 11) is 2.18. The zero-order chi connectivity index (χ0) is 56.2. The number of hydrogen-bond acceptors (Lipinski definition) is 16. The van der Waals surface area contributed by atoms with Gasteiger partial charge in [0.1, 0.15) is 23.5 Å². The van der Waals surface area contributed by atoms with Gasteiger partial charge in [-0.1, -0.05) is 62.3 Å². The number of nitrogens with one attached hydrogen (secondary N) is 1. The summed E-state index contributed by atoms with van der Waals surface area (Å²) in [6.07, 6.45) is 15.0. The van der Waals surface area contributed by atoms with Gasteiger partial charge in [-0.25, -0.2) is 4.98 Å². The fourth-order valence-corrected chi connectivity index (χ4v) is 15.0. The molecule has 8 N–H and O–H groups in total. The smallest absolute Gasteiger partial charge is 0.243 e. The SMILES string of the molecule is CC[C@@H]1CN(C2CC3(CCN(CC4CCN(c5cc(C(C(=O)N6CCCC6C(=O)NC(C)c6ccc(-c7scnc7C)cc6)C(C)C)on5)CC4)CC3)C2)CCO1.CN1C2CCC1CN(C(/C=C(\N)c1ccccc1O)=C(N)N)C2. The summed E-state index contributed by atoms with van der Waals surface area (Å²) >= 11 is 1.63. The van der Waals surface area contributed by atoms with Crippen molar-refractivity contribution in [1.29, 1.82) is 0 Å². The van der Waals surface area contributed by atoms with Gasteiger partial charge < -0.3 is 56.5 Å². The van der Waals surface area contributed by atoms with Crippen molar-refractivity contribution in [3.8, 4) is 16.2 Å². The van der Waals surface area contributed by atoms with E-state index in [2.05, 4.69) is 92.0 Å². The van der Waals surface area contributed by atoms with E-state index in [1.54, 1.807) is 40.5 Å². The van der Waals surface area contributed by atoms with Crippen LogP contribution in [0.4, 0.5) is 5.82 Å². The number of benzene rings is 2. The van der Waals surface area contributed by atoms with Gasteiger partial charge in [0.05, 0.1) is 40.5 Å². The number of anilines is 1. The summed E-state index contributed by atoms with van der Waals surface area (Å²) in [4.78, 5) is 47.7. The first-order valence-corrected chi connectivity index (χ1v) is 30.8. The number of para-hydroxylation sites is 1. The second-order valence-electron chi connectivity index (χ2n) is 24.7. The first-order chi connectivity index (χ1) is 38.6. The van der Waals surface area contributed by atoms with Crippen molar-refractivity contribution >= 4 is 34.7 Å². The van der Waals surface area contributed by atoms with Crippen LogP contribution in [0.5, 0.6) is 5.75 Å². The Balaban J connectivity index is 0.000000261. The molecule has 434 valence electrons. The highest BCUT2D eigenvalue weighted by atomic mass is 32.1. The van der Waals surface area contributed by atoms with Gasteiger partial charge in [0.15, 0.2) is 11.6 Å². The number of aromatic hydroxyl groups is 1. The minimum atomic E-state index is -0.499. The van der Waals surface area contributed by atoms with Gasteiger partial charge in [-0.3, -0.25) is 19.4 Å². The van der Waals surface area contributed by atoms with Crippen molar-refractivity contribution < 1.29 is 24.0 Å². The summed E-state index contributed by atoms with van der Waals surface area (Å²) in [5, 5.41) is 17.7. The molecule has 18 heteroatoms. The predicted molar refractivity (Wildman–Crippen MR) is 317 cm³/mol. The first kappa shape index (κ1) is 57.6. The van der Waals surface area contributed by atoms with Crippen LogP contribution >= 0.6 is 11.3 Å². The molecule has 1 spiro atoms. The fourth-order valence-electron chi connectivity index (χ4n) is 14.1. The molecule has 5 unspecified atom stereocenters. The van der Waals surface area contributed by atoms with Crippen LogP contribution in [-0.2, 0) is 14.3 Å². The molecule has 1 aliphatic carbocycles. The molecule has 1 saturated carbocycles. The average molecular weight is 1120 g/mol. The third-order valence-electron chi connectivity index (χ3n) is 19.2. The van der Waals surface area contributed by atoms with Crippen molar-refractivity contribution in [1.82, 2.24) is 40.0 Å². The number of likely N-dealkylation sites (tertiary alicyclic amines) is 3. The molecule has 4 aromatic rings. The molecule has 2 bridgehead atoms. The highest BCUT2D eigenvalue weighted by Gasteiger charge is 2.49. The summed E-state index contributed by atoms with van der Waals surface area (Å²) in [5.41, 5.74) is 25.4. The van der Waals surface area contributed by atoms with Crippen LogP contribution in [0.2, 0.25) is 0 Å². The molecule has 11 rings (SSSR count). The number of rotatable bonds is 15. The van der Waals surface area contributed by atoms with Crippen LogP contribution in [0.1, 0.15) is 133 Å². The number of phenols is 1. The molecule has 80 heavy (non-hydrogen) atoms. The molecule has 6 saturated heterocycles. The molecule has 0 radical (unpaired) electrons. The third kappa shape index (κ3) is 12.8. The van der Waals surface area contributed by atoms with Crippen LogP contribution in [0.3, 0.4) is 0 Å². The summed E-state index contributed by atoms with van der Waals surface area (Å²) in [6.45, 7) is 21.5. The van der Waals surface area contributed by atoms with Crippen LogP contribution in [0.15, 0.2) is 82.2 Å². The normalized spacial score (nSPS) is 24.8. The molecule has 17 nitrogen and oxygen atoms in total. The zero-order valence-electron chi connectivity index (χ0n) is 48.4. The number of aromatic nitrogens is 2. The first-order valence-electron chi connectivity index (χ1n) is 29.9. The Morgan fingerprint density at radius 2 is 1.61 bits per heavy atom. The number of allylic oxidation sites excluding steroid dienone is 1. The van der Waals surface area contributed by atoms with E-state index in [-0.39, 0.29) is 35.3 Å². The van der Waals surface area contributed by atoms with E-state index in [1.807, 2.05) is 31.5 Å². The summed E-state index contributed by atoms with van der Waals surface area (Å²) in [5.74, 6) is 1.88. The zero-order valence-corrected chi connectivity index (χ0v) is 49.2. The van der Waals surface area contributed by atoms with Gasteiger partial charge in [-0.05, 0) is 151 Å². The topological polar surface area (TPSA) is 212 Å². The number of carbonyl (C=O) groups excluding carboxylic acids is 2. The van der Waals surface area contributed by atoms with Gasteiger partial charge in [-0.2, -0.15) is 0 Å². The number of aryl methyl sites for hydroxylation is 1. The number of piperazine rings is 1. The Morgan fingerprint density at radius 3 is 2.26 bits per heavy atom. The molecule has 2 aromatic carbocycles. The maximum atomic E-state index is 14.3. The number of phenolic OH excluding ortho intramolecular Hbond substituents is 1. The monoisotopic (exact) mass is 1110 g/mol. The number of nitrogens with zero attached hydrogens (tertiary/aromatic N) is 8. The summed E-state index contributed by atoms with van der Waals surface area (Å²) < 4.78 is 11.9. The Bertz CT molecular complexity index is 2770. The van der Waals surface area contributed by atoms with Crippen LogP contribution in [0, 0.1) is 24.2 Å². The highest BCUT2D eigenvalue weighted by Crippen LogP contribution is 2.51. The Morgan fingerprint density at radius 1 is 0.900 bits per heavy atom. The number of fused-ring (bicyclic) bond motifs is 2. The van der Waals surface area contributed by atoms with Gasteiger partial charge in [0.25, 0.3) is 0 Å². The number of piperidine rings is 2. The standard InChI is InChI=1S/C45H65N7O4S.C17H25N5O/c1-6-37-28-51(22-23-55-37)36-25-45(26-36)15-20-49(21-16-45)27-33-13-18-50(19-14-33)40-24-39(56-48-40)41(30(2)3)44(54)52-17-7-8-38(52)43(53)47-31(4)34-9-11-35(12-10-34)42-32(5)46-29-57-42;1-21-11-6-7-12(21)10-22(9-11)15(17(19)20)8-14(18)13-4-2-3-5-16(13)23/h9-12,24,29-31,33,36-38,41H,6-8,13-23,25-28H2,1-5H3,(H,47,53);2-5,8,11-12,23H,6-7,9-10,18-20H2,1H3/b;14-8-/t31?,37-,38?,41?;/m1./s1. The largest absolute Gasteiger partial charge is 0.507 e. The van der Waals surface area contributed by atoms with Crippen molar-refractivity contribution in [2.45, 2.75) is 147 Å². The molecular formula is C62H90N12O5S. The maximum Gasteiger partial charge on any atom is 0.243 e. The fraction of sp³-hybridized carbons (Fsp3) is 0.613. The number of amides is 2. The van der Waals surface area contributed by atoms with E-state index in [1.165, 1.54) is 58.2 Å². The van der Waals surface area contributed by atoms with Crippen LogP contribution in [0.25, 0.3) is 16.1 Å². The second-order valence-corrected chi connectivity index (χ2v) is 25.6. The Kier molecular flexibility index (Phi) is 18.2. The van der Waals surface area contributed by atoms with E-state index >= 15 is 0 Å². The minimum absolute atomic E-state index is 0.00439. The van der Waals surface area contributed by atoms with E-state index in [4.69, 9.17) is 26.5 Å². The lowest BCUT2D eigenvalue weighted by atomic mass is 9.60. The molecule has 8 heterocycles. The highest BCUT2D eigenvalue weighted by molar-refractivity contribution is 7.13. The number of likely N-dealkylation sites (N-methyl/N-ethyl adjacent to an activating group) is 1. The molecule has 6 atom stereocenters. The Hall–Kier alpha value is -5.66. The van der Waals surface area contributed by atoms with E-state index < -0.39 is 12.0 Å². The molecule has 7 fully saturated rings. The van der Waals surface area contributed by atoms with Gasteiger partial charge in [0.2, 0.25) is 11.8 Å². The van der Waals surface area contributed by atoms with Crippen molar-refractivity contribution in [3.05, 3.63) is 100 Å². The van der Waals surface area contributed by atoms with Gasteiger partial charge >= 0.3 is 0 Å². The summed E-state index contributed by atoms with van der Waals surface area (Å²) in [6, 6.07) is 18.4. The number of nitrogens with two attached hydrogens (primary N) is 3. The minimum Gasteiger partial charge on any atom is -0.507 e. The molecule has 7 aliphatic rings. The van der Waals surface area contributed by atoms with E-state index in [9.17, 15) is 14.7 Å². The number of carbonyl (C=O) groups is 2. The van der Waals surface area contributed by atoms with Crippen molar-refractivity contribution in [2.75, 3.05) is 84.0 Å². The lowest BCUT2D eigenvalue weighted by Crippen LogP contribution is -2.58. The van der Waals surface area contributed by atoms with Gasteiger partial charge in [0, 0.05) is 87.8 Å². The average Bonchev–Trinajstić information content (AvgIpc) is 4.29. The number of ether oxygens (including phenoxy) is 1. The van der Waals surface area contributed by atoms with Gasteiger partial charge in [-0.15, -0.1) is 11.3 Å². The predicted octanol–water partition coefficient (Wildman–Crippen LogP) is 7.84. The quantitative estimate of drug-likeness (QED) is 0.0718. The van der Waals surface area contributed by atoms with E-state index in [0.717, 1.165) is 111 Å². The number of thiazole rings is 1. The molecule has 2 aromatic heterocycles. The van der Waals surface area contributed by atoms with E-state index in [0.29, 0.717) is 59.5 Å².